The molecular formula is C20H23N3O3S. The summed E-state index contributed by atoms with van der Waals surface area (Å²) in [5.74, 6) is 0.0130. The van der Waals surface area contributed by atoms with Crippen LogP contribution in [-0.4, -0.2) is 45.5 Å². The first-order valence-corrected chi connectivity index (χ1v) is 10.1. The molecule has 1 unspecified atom stereocenters. The van der Waals surface area contributed by atoms with E-state index in [0.29, 0.717) is 31.1 Å². The molecule has 1 aromatic heterocycles. The zero-order chi connectivity index (χ0) is 19.1. The number of carbonyl (C=O) groups excluding carboxylic acids is 2. The van der Waals surface area contributed by atoms with Crippen molar-refractivity contribution in [1.82, 2.24) is 9.47 Å². The molecule has 1 atom stereocenters. The van der Waals surface area contributed by atoms with Crippen LogP contribution in [0.15, 0.2) is 29.3 Å². The number of thiazole rings is 1. The molecular weight excluding hydrogens is 362 g/mol. The molecule has 7 heteroatoms. The molecule has 2 fully saturated rings. The summed E-state index contributed by atoms with van der Waals surface area (Å²) in [5.41, 5.74) is 2.36. The van der Waals surface area contributed by atoms with Crippen LogP contribution in [0.25, 0.3) is 0 Å². The van der Waals surface area contributed by atoms with E-state index in [9.17, 15) is 14.7 Å². The van der Waals surface area contributed by atoms with Crippen molar-refractivity contribution in [1.29, 1.82) is 0 Å². The summed E-state index contributed by atoms with van der Waals surface area (Å²) in [7, 11) is 0. The molecule has 27 heavy (non-hydrogen) atoms. The quantitative estimate of drug-likeness (QED) is 0.823. The molecule has 1 aliphatic heterocycles. The maximum absolute atomic E-state index is 12.5. The Balaban J connectivity index is 1.62. The number of likely N-dealkylation sites (tertiary alicyclic amines) is 1. The minimum Gasteiger partial charge on any atom is -0.391 e. The lowest BCUT2D eigenvalue weighted by Crippen LogP contribution is -2.29. The third kappa shape index (κ3) is 3.61. The molecule has 4 rings (SSSR count). The zero-order valence-corrected chi connectivity index (χ0v) is 16.3. The van der Waals surface area contributed by atoms with Gasteiger partial charge < -0.3 is 14.6 Å². The Labute approximate surface area is 161 Å². The number of hydrogen-bond donors (Lipinski definition) is 1. The lowest BCUT2D eigenvalue weighted by Gasteiger charge is -2.15. The van der Waals surface area contributed by atoms with Crippen molar-refractivity contribution < 1.29 is 14.7 Å². The van der Waals surface area contributed by atoms with E-state index in [1.54, 1.807) is 24.0 Å². The number of β-amino-alcohol motifs (C(OH)–C–C–N with tert-alkyl or cyclic N) is 1. The fourth-order valence-corrected chi connectivity index (χ4v) is 4.64. The van der Waals surface area contributed by atoms with Gasteiger partial charge in [0.15, 0.2) is 10.6 Å². The van der Waals surface area contributed by atoms with Crippen LogP contribution in [0.4, 0.5) is 5.69 Å². The van der Waals surface area contributed by atoms with Gasteiger partial charge in [-0.25, -0.2) is 4.99 Å². The highest BCUT2D eigenvalue weighted by Crippen LogP contribution is 2.36. The summed E-state index contributed by atoms with van der Waals surface area (Å²) in [6, 6.07) is 7.66. The summed E-state index contributed by atoms with van der Waals surface area (Å²) >= 11 is 1.43. The Kier molecular flexibility index (Phi) is 4.74. The number of aliphatic hydroxyl groups excluding tert-OH is 1. The number of aromatic nitrogens is 1. The Morgan fingerprint density at radius 3 is 2.44 bits per heavy atom. The zero-order valence-electron chi connectivity index (χ0n) is 15.5. The summed E-state index contributed by atoms with van der Waals surface area (Å²) < 4.78 is 2.17. The van der Waals surface area contributed by atoms with E-state index in [1.807, 2.05) is 19.1 Å². The molecule has 1 aromatic carbocycles. The van der Waals surface area contributed by atoms with Crippen molar-refractivity contribution in [2.45, 2.75) is 45.3 Å². The number of ketones is 1. The molecule has 0 bridgehead atoms. The van der Waals surface area contributed by atoms with E-state index >= 15 is 0 Å². The van der Waals surface area contributed by atoms with Crippen molar-refractivity contribution in [3.8, 4) is 0 Å². The first kappa shape index (κ1) is 18.1. The van der Waals surface area contributed by atoms with Crippen LogP contribution >= 0.6 is 11.3 Å². The van der Waals surface area contributed by atoms with Crippen LogP contribution in [0.1, 0.15) is 58.0 Å². The molecule has 1 amide bonds. The van der Waals surface area contributed by atoms with E-state index in [2.05, 4.69) is 4.57 Å². The van der Waals surface area contributed by atoms with Crippen molar-refractivity contribution in [2.75, 3.05) is 13.1 Å². The third-order valence-electron chi connectivity index (χ3n) is 5.11. The van der Waals surface area contributed by atoms with Gasteiger partial charge in [0.1, 0.15) is 0 Å². The van der Waals surface area contributed by atoms with Crippen LogP contribution in [0.2, 0.25) is 0 Å². The molecule has 6 nitrogen and oxygen atoms in total. The van der Waals surface area contributed by atoms with Gasteiger partial charge in [-0.2, -0.15) is 0 Å². The number of amides is 1. The van der Waals surface area contributed by atoms with Gasteiger partial charge in [0.25, 0.3) is 5.91 Å². The molecule has 1 saturated carbocycles. The second kappa shape index (κ2) is 7.05. The number of benzene rings is 1. The monoisotopic (exact) mass is 385 g/mol. The average Bonchev–Trinajstić information content (AvgIpc) is 3.29. The van der Waals surface area contributed by atoms with Gasteiger partial charge in [-0.05, 0) is 50.5 Å². The van der Waals surface area contributed by atoms with Gasteiger partial charge in [-0.3, -0.25) is 9.59 Å². The topological polar surface area (TPSA) is 74.9 Å². The van der Waals surface area contributed by atoms with Crippen molar-refractivity contribution >= 4 is 28.7 Å². The Hall–Kier alpha value is -2.25. The van der Waals surface area contributed by atoms with E-state index in [1.165, 1.54) is 11.3 Å². The number of aliphatic hydroxyl groups is 1. The Morgan fingerprint density at radius 1 is 1.19 bits per heavy atom. The molecule has 0 radical (unpaired) electrons. The smallest absolute Gasteiger partial charge is 0.253 e. The Morgan fingerprint density at radius 2 is 1.89 bits per heavy atom. The molecule has 142 valence electrons. The third-order valence-corrected chi connectivity index (χ3v) is 6.37. The van der Waals surface area contributed by atoms with E-state index in [0.717, 1.165) is 33.9 Å². The lowest BCUT2D eigenvalue weighted by molar-refractivity contribution is 0.0765. The van der Waals surface area contributed by atoms with Crippen LogP contribution in [0, 0.1) is 6.92 Å². The second-order valence-corrected chi connectivity index (χ2v) is 8.29. The van der Waals surface area contributed by atoms with Crippen LogP contribution in [0.5, 0.6) is 0 Å². The molecule has 0 spiro atoms. The fraction of sp³-hybridized carbons (Fsp3) is 0.450. The molecule has 1 N–H and O–H groups in total. The van der Waals surface area contributed by atoms with E-state index < -0.39 is 6.10 Å². The summed E-state index contributed by atoms with van der Waals surface area (Å²) in [6.45, 7) is 4.57. The molecule has 2 aromatic rings. The number of Topliss-reactive ketones (excluding diaryl/α,β-unsaturated/α-hetero) is 1. The molecule has 2 aliphatic rings. The Bertz CT molecular complexity index is 954. The normalized spacial score (nSPS) is 20.3. The standard InChI is InChI=1S/C20H23N3O3S/c1-12-18(13(2)24)27-20(23(12)16-7-8-16)21-15-5-3-14(4-6-15)19(26)22-10-9-17(25)11-22/h3-6,16-17,25H,7-11H2,1-2H3/b21-20+. The summed E-state index contributed by atoms with van der Waals surface area (Å²) in [6.07, 6.45) is 2.46. The highest BCUT2D eigenvalue weighted by atomic mass is 32.1. The first-order valence-electron chi connectivity index (χ1n) is 9.29. The van der Waals surface area contributed by atoms with Crippen LogP contribution in [0.3, 0.4) is 0 Å². The van der Waals surface area contributed by atoms with Gasteiger partial charge >= 0.3 is 0 Å². The van der Waals surface area contributed by atoms with Gasteiger partial charge in [0.2, 0.25) is 0 Å². The second-order valence-electron chi connectivity index (χ2n) is 7.31. The summed E-state index contributed by atoms with van der Waals surface area (Å²) in [4.78, 5) is 32.4. The SMILES string of the molecule is CC(=O)c1s/c(=N/c2ccc(C(=O)N3CCC(O)C3)cc2)n(C2CC2)c1C. The largest absolute Gasteiger partial charge is 0.391 e. The molecule has 1 saturated heterocycles. The number of rotatable bonds is 4. The highest BCUT2D eigenvalue weighted by molar-refractivity contribution is 7.11. The minimum absolute atomic E-state index is 0.0584. The van der Waals surface area contributed by atoms with Crippen LogP contribution in [-0.2, 0) is 0 Å². The maximum Gasteiger partial charge on any atom is 0.253 e. The number of hydrogen-bond acceptors (Lipinski definition) is 5. The fourth-order valence-electron chi connectivity index (χ4n) is 3.53. The maximum atomic E-state index is 12.5. The minimum atomic E-state index is -0.418. The number of nitrogens with zero attached hydrogens (tertiary/aromatic N) is 3. The van der Waals surface area contributed by atoms with Crippen molar-refractivity contribution in [3.05, 3.63) is 45.2 Å². The highest BCUT2D eigenvalue weighted by Gasteiger charge is 2.28. The first-order chi connectivity index (χ1) is 12.9. The van der Waals surface area contributed by atoms with Gasteiger partial charge in [0, 0.05) is 37.3 Å². The average molecular weight is 385 g/mol. The van der Waals surface area contributed by atoms with E-state index in [4.69, 9.17) is 4.99 Å². The molecule has 1 aliphatic carbocycles. The predicted molar refractivity (Wildman–Crippen MR) is 104 cm³/mol. The van der Waals surface area contributed by atoms with Crippen molar-refractivity contribution in [2.24, 2.45) is 4.99 Å². The molecule has 2 heterocycles. The predicted octanol–water partition coefficient (Wildman–Crippen LogP) is 2.83. The van der Waals surface area contributed by atoms with Crippen LogP contribution < -0.4 is 4.80 Å². The summed E-state index contributed by atoms with van der Waals surface area (Å²) in [5, 5.41) is 9.61. The van der Waals surface area contributed by atoms with Gasteiger partial charge in [-0.15, -0.1) is 0 Å². The number of carbonyl (C=O) groups is 2. The van der Waals surface area contributed by atoms with Gasteiger partial charge in [-0.1, -0.05) is 11.3 Å². The van der Waals surface area contributed by atoms with Gasteiger partial charge in [0.05, 0.1) is 16.7 Å². The van der Waals surface area contributed by atoms with Crippen molar-refractivity contribution in [3.63, 3.8) is 0 Å². The van der Waals surface area contributed by atoms with E-state index in [-0.39, 0.29) is 11.7 Å². The lowest BCUT2D eigenvalue weighted by atomic mass is 10.2.